The summed E-state index contributed by atoms with van der Waals surface area (Å²) in [6.07, 6.45) is -1.74. The standard InChI is InChI=1S/C11H11FN2O4/c12-9-4-7(6-13)3-8(5-9)10(1-2-15)14(18)11(16)17/h3-5,10,15,18H,1-2H2,(H,16,17). The van der Waals surface area contributed by atoms with E-state index in [-0.39, 0.29) is 22.6 Å². The van der Waals surface area contributed by atoms with Crippen molar-refractivity contribution in [2.75, 3.05) is 6.61 Å². The van der Waals surface area contributed by atoms with Crippen molar-refractivity contribution in [2.24, 2.45) is 0 Å². The van der Waals surface area contributed by atoms with Crippen molar-refractivity contribution in [1.29, 1.82) is 5.26 Å². The van der Waals surface area contributed by atoms with Crippen molar-refractivity contribution in [1.82, 2.24) is 5.06 Å². The van der Waals surface area contributed by atoms with Crippen molar-refractivity contribution in [3.8, 4) is 6.07 Å². The molecule has 0 saturated heterocycles. The molecule has 0 radical (unpaired) electrons. The maximum Gasteiger partial charge on any atom is 0.431 e. The van der Waals surface area contributed by atoms with E-state index in [1.54, 1.807) is 6.07 Å². The van der Waals surface area contributed by atoms with Gasteiger partial charge in [0, 0.05) is 6.61 Å². The van der Waals surface area contributed by atoms with Crippen LogP contribution in [0.4, 0.5) is 9.18 Å². The number of hydroxylamine groups is 2. The molecule has 0 spiro atoms. The molecule has 1 amide bonds. The molecule has 96 valence electrons. The first-order chi connectivity index (χ1) is 8.49. The van der Waals surface area contributed by atoms with E-state index < -0.39 is 24.6 Å². The van der Waals surface area contributed by atoms with Crippen LogP contribution in [0.3, 0.4) is 0 Å². The number of aliphatic hydroxyl groups is 1. The molecule has 1 atom stereocenters. The summed E-state index contributed by atoms with van der Waals surface area (Å²) in [6, 6.07) is 3.85. The summed E-state index contributed by atoms with van der Waals surface area (Å²) >= 11 is 0. The highest BCUT2D eigenvalue weighted by Gasteiger charge is 2.24. The lowest BCUT2D eigenvalue weighted by molar-refractivity contribution is -0.102. The number of aliphatic hydroxyl groups excluding tert-OH is 1. The first-order valence-corrected chi connectivity index (χ1v) is 5.02. The summed E-state index contributed by atoms with van der Waals surface area (Å²) in [7, 11) is 0. The Morgan fingerprint density at radius 3 is 2.67 bits per heavy atom. The topological polar surface area (TPSA) is 105 Å². The van der Waals surface area contributed by atoms with E-state index in [0.29, 0.717) is 0 Å². The lowest BCUT2D eigenvalue weighted by atomic mass is 10.0. The third kappa shape index (κ3) is 3.16. The fraction of sp³-hybridized carbons (Fsp3) is 0.273. The van der Waals surface area contributed by atoms with Crippen LogP contribution in [-0.2, 0) is 0 Å². The number of carbonyl (C=O) groups is 1. The smallest absolute Gasteiger partial charge is 0.431 e. The molecule has 1 unspecified atom stereocenters. The van der Waals surface area contributed by atoms with Crippen LogP contribution in [0.15, 0.2) is 18.2 Å². The van der Waals surface area contributed by atoms with Gasteiger partial charge < -0.3 is 10.2 Å². The van der Waals surface area contributed by atoms with Crippen LogP contribution < -0.4 is 0 Å². The minimum atomic E-state index is -1.63. The number of nitriles is 1. The monoisotopic (exact) mass is 254 g/mol. The van der Waals surface area contributed by atoms with Crippen molar-refractivity contribution in [2.45, 2.75) is 12.5 Å². The highest BCUT2D eigenvalue weighted by molar-refractivity contribution is 5.64. The lowest BCUT2D eigenvalue weighted by Gasteiger charge is -2.23. The zero-order valence-electron chi connectivity index (χ0n) is 9.25. The summed E-state index contributed by atoms with van der Waals surface area (Å²) in [5.74, 6) is -0.717. The van der Waals surface area contributed by atoms with Gasteiger partial charge in [-0.2, -0.15) is 10.3 Å². The summed E-state index contributed by atoms with van der Waals surface area (Å²) < 4.78 is 13.2. The number of halogens is 1. The average molecular weight is 254 g/mol. The second-order valence-corrected chi connectivity index (χ2v) is 3.54. The highest BCUT2D eigenvalue weighted by atomic mass is 19.1. The highest BCUT2D eigenvalue weighted by Crippen LogP contribution is 2.24. The molecule has 0 heterocycles. The number of nitrogens with zero attached hydrogens (tertiary/aromatic N) is 2. The molecule has 3 N–H and O–H groups in total. The van der Waals surface area contributed by atoms with Gasteiger partial charge in [-0.3, -0.25) is 5.21 Å². The normalized spacial score (nSPS) is 11.7. The Morgan fingerprint density at radius 1 is 1.50 bits per heavy atom. The van der Waals surface area contributed by atoms with Gasteiger partial charge in [0.15, 0.2) is 0 Å². The van der Waals surface area contributed by atoms with Crippen molar-refractivity contribution < 1.29 is 24.6 Å². The SMILES string of the molecule is N#Cc1cc(F)cc(C(CCO)N(O)C(=O)O)c1. The number of carboxylic acid groups (broad SMARTS) is 1. The quantitative estimate of drug-likeness (QED) is 0.557. The molecular formula is C11H11FN2O4. The molecule has 0 aliphatic rings. The van der Waals surface area contributed by atoms with Crippen LogP contribution in [-0.4, -0.2) is 33.2 Å². The maximum absolute atomic E-state index is 13.2. The van der Waals surface area contributed by atoms with E-state index in [2.05, 4.69) is 0 Å². The Bertz CT molecular complexity index is 486. The Labute approximate surface area is 102 Å². The van der Waals surface area contributed by atoms with Gasteiger partial charge in [-0.05, 0) is 30.2 Å². The molecule has 7 heteroatoms. The Kier molecular flexibility index (Phi) is 4.59. The van der Waals surface area contributed by atoms with Crippen LogP contribution in [0.2, 0.25) is 0 Å². The van der Waals surface area contributed by atoms with Gasteiger partial charge in [0.2, 0.25) is 0 Å². The van der Waals surface area contributed by atoms with E-state index in [9.17, 15) is 14.4 Å². The fourth-order valence-corrected chi connectivity index (χ4v) is 1.56. The molecule has 1 aromatic carbocycles. The summed E-state index contributed by atoms with van der Waals surface area (Å²) in [5.41, 5.74) is 0.109. The molecule has 6 nitrogen and oxygen atoms in total. The van der Waals surface area contributed by atoms with Gasteiger partial charge in [0.25, 0.3) is 0 Å². The molecule has 0 aliphatic heterocycles. The predicted molar refractivity (Wildman–Crippen MR) is 57.2 cm³/mol. The van der Waals surface area contributed by atoms with E-state index >= 15 is 0 Å². The molecule has 18 heavy (non-hydrogen) atoms. The predicted octanol–water partition coefficient (Wildman–Crippen LogP) is 1.49. The van der Waals surface area contributed by atoms with Crippen molar-refractivity contribution in [3.05, 3.63) is 35.1 Å². The minimum Gasteiger partial charge on any atom is -0.463 e. The summed E-state index contributed by atoms with van der Waals surface area (Å²) in [6.45, 7) is -0.395. The van der Waals surface area contributed by atoms with Crippen LogP contribution >= 0.6 is 0 Å². The van der Waals surface area contributed by atoms with Gasteiger partial charge in [0.1, 0.15) is 5.82 Å². The molecule has 0 fully saturated rings. The summed E-state index contributed by atoms with van der Waals surface area (Å²) in [4.78, 5) is 10.7. The number of rotatable bonds is 4. The zero-order chi connectivity index (χ0) is 13.7. The molecule has 0 bridgehead atoms. The number of benzene rings is 1. The molecule has 0 saturated carbocycles. The van der Waals surface area contributed by atoms with Crippen LogP contribution in [0, 0.1) is 17.1 Å². The van der Waals surface area contributed by atoms with Gasteiger partial charge in [-0.25, -0.2) is 9.18 Å². The number of hydrogen-bond acceptors (Lipinski definition) is 4. The average Bonchev–Trinajstić information content (AvgIpc) is 2.34. The van der Waals surface area contributed by atoms with E-state index in [1.807, 2.05) is 0 Å². The molecule has 1 aromatic rings. The van der Waals surface area contributed by atoms with Gasteiger partial charge in [-0.15, -0.1) is 0 Å². The third-order valence-corrected chi connectivity index (χ3v) is 2.33. The van der Waals surface area contributed by atoms with Crippen molar-refractivity contribution in [3.63, 3.8) is 0 Å². The molecule has 1 rings (SSSR count). The van der Waals surface area contributed by atoms with E-state index in [1.165, 1.54) is 6.07 Å². The Hall–Kier alpha value is -2.17. The Balaban J connectivity index is 3.17. The van der Waals surface area contributed by atoms with Crippen LogP contribution in [0.1, 0.15) is 23.6 Å². The molecular weight excluding hydrogens is 243 g/mol. The largest absolute Gasteiger partial charge is 0.463 e. The first kappa shape index (κ1) is 13.9. The van der Waals surface area contributed by atoms with Crippen LogP contribution in [0.5, 0.6) is 0 Å². The maximum atomic E-state index is 13.2. The number of amides is 1. The number of hydrogen-bond donors (Lipinski definition) is 3. The van der Waals surface area contributed by atoms with Crippen molar-refractivity contribution >= 4 is 6.09 Å². The van der Waals surface area contributed by atoms with Crippen LogP contribution in [0.25, 0.3) is 0 Å². The van der Waals surface area contributed by atoms with Gasteiger partial charge in [0.05, 0.1) is 17.7 Å². The second kappa shape index (κ2) is 5.95. The fourth-order valence-electron chi connectivity index (χ4n) is 1.56. The summed E-state index contributed by atoms with van der Waals surface area (Å²) in [5, 5.41) is 35.5. The van der Waals surface area contributed by atoms with Gasteiger partial charge >= 0.3 is 6.09 Å². The third-order valence-electron chi connectivity index (χ3n) is 2.33. The lowest BCUT2D eigenvalue weighted by Crippen LogP contribution is -2.31. The zero-order valence-corrected chi connectivity index (χ0v) is 9.25. The van der Waals surface area contributed by atoms with Gasteiger partial charge in [-0.1, -0.05) is 0 Å². The van der Waals surface area contributed by atoms with E-state index in [4.69, 9.17) is 15.5 Å². The second-order valence-electron chi connectivity index (χ2n) is 3.54. The molecule has 0 aromatic heterocycles. The minimum absolute atomic E-state index is 0.00623. The van der Waals surface area contributed by atoms with E-state index in [0.717, 1.165) is 12.1 Å². The molecule has 0 aliphatic carbocycles. The Morgan fingerprint density at radius 2 is 2.17 bits per heavy atom. The first-order valence-electron chi connectivity index (χ1n) is 5.02.